The van der Waals surface area contributed by atoms with Gasteiger partial charge in [-0.1, -0.05) is 24.3 Å². The van der Waals surface area contributed by atoms with Crippen molar-refractivity contribution in [1.82, 2.24) is 4.90 Å². The number of hydrogen-bond donors (Lipinski definition) is 0. The van der Waals surface area contributed by atoms with Gasteiger partial charge in [0.2, 0.25) is 5.78 Å². The minimum absolute atomic E-state index is 0.208. The van der Waals surface area contributed by atoms with Gasteiger partial charge in [0.15, 0.2) is 5.76 Å². The van der Waals surface area contributed by atoms with Crippen LogP contribution in [0.2, 0.25) is 0 Å². The SMILES string of the molecule is COC(=O)c1ccc(/C=C2\Oc3c(ccc4c3CN(Cc3ccc(F)cc3)CO4)C2=O)cc1. The van der Waals surface area contributed by atoms with Gasteiger partial charge in [-0.15, -0.1) is 0 Å². The molecule has 3 aromatic rings. The summed E-state index contributed by atoms with van der Waals surface area (Å²) in [4.78, 5) is 26.6. The molecular formula is C26H20FNO5. The summed E-state index contributed by atoms with van der Waals surface area (Å²) < 4.78 is 29.8. The molecule has 3 aromatic carbocycles. The number of halogens is 1. The predicted octanol–water partition coefficient (Wildman–Crippen LogP) is 4.58. The van der Waals surface area contributed by atoms with Gasteiger partial charge in [-0.25, -0.2) is 9.18 Å². The van der Waals surface area contributed by atoms with Gasteiger partial charge >= 0.3 is 5.97 Å². The number of Topliss-reactive ketones (excluding diaryl/α,β-unsaturated/α-hetero) is 1. The van der Waals surface area contributed by atoms with E-state index in [1.807, 2.05) is 0 Å². The van der Waals surface area contributed by atoms with Crippen molar-refractivity contribution in [3.05, 3.63) is 100 Å². The zero-order chi connectivity index (χ0) is 22.9. The summed E-state index contributed by atoms with van der Waals surface area (Å²) in [6.07, 6.45) is 1.65. The summed E-state index contributed by atoms with van der Waals surface area (Å²) in [6, 6.07) is 16.6. The van der Waals surface area contributed by atoms with E-state index in [0.29, 0.717) is 42.4 Å². The standard InChI is InChI=1S/C26H20FNO5/c1-31-26(30)18-6-2-16(3-7-18)12-23-24(29)20-10-11-22-21(25(20)33-23)14-28(15-32-22)13-17-4-8-19(27)9-5-17/h2-12H,13-15H2,1H3/b23-12-. The first-order chi connectivity index (χ1) is 16.0. The van der Waals surface area contributed by atoms with Crippen molar-refractivity contribution in [2.24, 2.45) is 0 Å². The number of ether oxygens (including phenoxy) is 3. The molecule has 6 nitrogen and oxygen atoms in total. The van der Waals surface area contributed by atoms with Gasteiger partial charge < -0.3 is 14.2 Å². The third-order valence-electron chi connectivity index (χ3n) is 5.63. The maximum Gasteiger partial charge on any atom is 0.337 e. The first-order valence-electron chi connectivity index (χ1n) is 10.4. The van der Waals surface area contributed by atoms with E-state index in [0.717, 1.165) is 16.7 Å². The second kappa shape index (κ2) is 8.52. The topological polar surface area (TPSA) is 65.1 Å². The highest BCUT2D eigenvalue weighted by Gasteiger charge is 2.33. The average molecular weight is 445 g/mol. The Morgan fingerprint density at radius 2 is 1.85 bits per heavy atom. The fourth-order valence-corrected chi connectivity index (χ4v) is 3.94. The number of carbonyl (C=O) groups is 2. The molecular weight excluding hydrogens is 425 g/mol. The van der Waals surface area contributed by atoms with E-state index in [9.17, 15) is 14.0 Å². The van der Waals surface area contributed by atoms with Crippen LogP contribution in [0, 0.1) is 5.82 Å². The Morgan fingerprint density at radius 1 is 1.09 bits per heavy atom. The fourth-order valence-electron chi connectivity index (χ4n) is 3.94. The molecule has 166 valence electrons. The highest BCUT2D eigenvalue weighted by Crippen LogP contribution is 2.42. The van der Waals surface area contributed by atoms with Crippen LogP contribution in [0.5, 0.6) is 11.5 Å². The lowest BCUT2D eigenvalue weighted by Gasteiger charge is -2.29. The number of hydrogen-bond acceptors (Lipinski definition) is 6. The molecule has 0 N–H and O–H groups in total. The molecule has 0 radical (unpaired) electrons. The average Bonchev–Trinajstić information content (AvgIpc) is 3.16. The molecule has 0 aliphatic carbocycles. The van der Waals surface area contributed by atoms with Gasteiger partial charge in [-0.2, -0.15) is 0 Å². The molecule has 0 saturated carbocycles. The van der Waals surface area contributed by atoms with Crippen LogP contribution in [0.3, 0.4) is 0 Å². The maximum absolute atomic E-state index is 13.2. The van der Waals surface area contributed by atoms with Gasteiger partial charge in [-0.05, 0) is 53.6 Å². The Labute approximate surface area is 189 Å². The number of fused-ring (bicyclic) bond motifs is 3. The zero-order valence-corrected chi connectivity index (χ0v) is 17.8. The number of carbonyl (C=O) groups excluding carboxylic acids is 2. The second-order valence-corrected chi connectivity index (χ2v) is 7.86. The number of esters is 1. The van der Waals surface area contributed by atoms with E-state index in [1.54, 1.807) is 54.6 Å². The predicted molar refractivity (Wildman–Crippen MR) is 118 cm³/mol. The number of ketones is 1. The highest BCUT2D eigenvalue weighted by atomic mass is 19.1. The van der Waals surface area contributed by atoms with Gasteiger partial charge in [0.05, 0.1) is 23.8 Å². The van der Waals surface area contributed by atoms with E-state index >= 15 is 0 Å². The normalized spacial score (nSPS) is 16.1. The van der Waals surface area contributed by atoms with Crippen molar-refractivity contribution in [3.8, 4) is 11.5 Å². The number of methoxy groups -OCH3 is 1. The molecule has 0 aromatic heterocycles. The summed E-state index contributed by atoms with van der Waals surface area (Å²) in [7, 11) is 1.33. The summed E-state index contributed by atoms with van der Waals surface area (Å²) in [5.74, 6) is 0.481. The van der Waals surface area contributed by atoms with Crippen molar-refractivity contribution in [2.45, 2.75) is 13.1 Å². The smallest absolute Gasteiger partial charge is 0.337 e. The van der Waals surface area contributed by atoms with E-state index in [-0.39, 0.29) is 17.4 Å². The Bertz CT molecular complexity index is 1270. The van der Waals surface area contributed by atoms with Crippen LogP contribution in [-0.4, -0.2) is 30.5 Å². The van der Waals surface area contributed by atoms with Crippen LogP contribution in [0.1, 0.15) is 37.4 Å². The lowest BCUT2D eigenvalue weighted by atomic mass is 10.0. The summed E-state index contributed by atoms with van der Waals surface area (Å²) in [5, 5.41) is 0. The van der Waals surface area contributed by atoms with E-state index < -0.39 is 5.97 Å². The third kappa shape index (κ3) is 4.10. The quantitative estimate of drug-likeness (QED) is 0.433. The molecule has 0 amide bonds. The van der Waals surface area contributed by atoms with Crippen molar-refractivity contribution in [2.75, 3.05) is 13.8 Å². The molecule has 5 rings (SSSR count). The molecule has 0 saturated heterocycles. The lowest BCUT2D eigenvalue weighted by molar-refractivity contribution is 0.0600. The molecule has 0 unspecified atom stereocenters. The Morgan fingerprint density at radius 3 is 2.58 bits per heavy atom. The lowest BCUT2D eigenvalue weighted by Crippen LogP contribution is -2.31. The van der Waals surface area contributed by atoms with E-state index in [1.165, 1.54) is 19.2 Å². The number of rotatable bonds is 4. The minimum atomic E-state index is -0.424. The molecule has 0 fully saturated rings. The third-order valence-corrected chi connectivity index (χ3v) is 5.63. The van der Waals surface area contributed by atoms with Crippen molar-refractivity contribution in [3.63, 3.8) is 0 Å². The largest absolute Gasteiger partial charge is 0.478 e. The van der Waals surface area contributed by atoms with Gasteiger partial charge in [0.25, 0.3) is 0 Å². The zero-order valence-electron chi connectivity index (χ0n) is 17.8. The Kier molecular flexibility index (Phi) is 5.40. The van der Waals surface area contributed by atoms with Crippen molar-refractivity contribution in [1.29, 1.82) is 0 Å². The maximum atomic E-state index is 13.2. The highest BCUT2D eigenvalue weighted by molar-refractivity contribution is 6.15. The molecule has 0 bridgehead atoms. The number of allylic oxidation sites excluding steroid dienone is 1. The van der Waals surface area contributed by atoms with Crippen LogP contribution in [0.4, 0.5) is 4.39 Å². The Hall–Kier alpha value is -3.97. The van der Waals surface area contributed by atoms with Crippen LogP contribution < -0.4 is 9.47 Å². The van der Waals surface area contributed by atoms with E-state index in [4.69, 9.17) is 14.2 Å². The number of benzene rings is 3. The second-order valence-electron chi connectivity index (χ2n) is 7.86. The molecule has 2 aliphatic rings. The molecule has 0 spiro atoms. The molecule has 2 aliphatic heterocycles. The first-order valence-corrected chi connectivity index (χ1v) is 10.4. The first kappa shape index (κ1) is 20.9. The van der Waals surface area contributed by atoms with Gasteiger partial charge in [0.1, 0.15) is 24.0 Å². The summed E-state index contributed by atoms with van der Waals surface area (Å²) in [6.45, 7) is 1.49. The van der Waals surface area contributed by atoms with Crippen LogP contribution in [-0.2, 0) is 17.8 Å². The molecule has 7 heteroatoms. The van der Waals surface area contributed by atoms with Crippen LogP contribution >= 0.6 is 0 Å². The van der Waals surface area contributed by atoms with Crippen LogP contribution in [0.25, 0.3) is 6.08 Å². The Balaban J connectivity index is 1.38. The summed E-state index contributed by atoms with van der Waals surface area (Å²) >= 11 is 0. The molecule has 2 heterocycles. The van der Waals surface area contributed by atoms with Crippen molar-refractivity contribution >= 4 is 17.8 Å². The summed E-state index contributed by atoms with van der Waals surface area (Å²) in [5.41, 5.74) is 3.40. The van der Waals surface area contributed by atoms with Gasteiger partial charge in [-0.3, -0.25) is 9.69 Å². The molecule has 0 atom stereocenters. The fraction of sp³-hybridized carbons (Fsp3) is 0.154. The monoisotopic (exact) mass is 445 g/mol. The van der Waals surface area contributed by atoms with Gasteiger partial charge in [0, 0.05) is 13.1 Å². The minimum Gasteiger partial charge on any atom is -0.478 e. The van der Waals surface area contributed by atoms with Crippen molar-refractivity contribution < 1.29 is 28.2 Å². The van der Waals surface area contributed by atoms with E-state index in [2.05, 4.69) is 4.90 Å². The molecule has 33 heavy (non-hydrogen) atoms. The number of nitrogens with zero attached hydrogens (tertiary/aromatic N) is 1. The van der Waals surface area contributed by atoms with Crippen LogP contribution in [0.15, 0.2) is 66.4 Å².